The van der Waals surface area contributed by atoms with E-state index in [4.69, 9.17) is 5.26 Å². The average molecular weight is 304 g/mol. The highest BCUT2D eigenvalue weighted by molar-refractivity contribution is 6.00. The molecule has 0 bridgehead atoms. The van der Waals surface area contributed by atoms with Crippen LogP contribution in [0.3, 0.4) is 0 Å². The minimum absolute atomic E-state index is 0.128. The van der Waals surface area contributed by atoms with Crippen LogP contribution < -0.4 is 0 Å². The molecule has 0 unspecified atom stereocenters. The second-order valence-corrected chi connectivity index (χ2v) is 5.50. The van der Waals surface area contributed by atoms with Gasteiger partial charge in [0.25, 0.3) is 5.91 Å². The van der Waals surface area contributed by atoms with E-state index in [1.807, 2.05) is 66.7 Å². The number of carbonyl (C=O) groups is 1. The number of benzene rings is 2. The Morgan fingerprint density at radius 1 is 1.00 bits per heavy atom. The number of nitrogens with zero attached hydrogens (tertiary/aromatic N) is 2. The Bertz CT molecular complexity index is 776. The van der Waals surface area contributed by atoms with Gasteiger partial charge in [-0.25, -0.2) is 0 Å². The van der Waals surface area contributed by atoms with Crippen molar-refractivity contribution < 1.29 is 9.90 Å². The van der Waals surface area contributed by atoms with Crippen molar-refractivity contribution in [1.29, 1.82) is 5.26 Å². The van der Waals surface area contributed by atoms with Gasteiger partial charge in [-0.3, -0.25) is 4.79 Å². The van der Waals surface area contributed by atoms with Crippen molar-refractivity contribution >= 4 is 5.91 Å². The Balaban J connectivity index is 1.90. The van der Waals surface area contributed by atoms with E-state index < -0.39 is 11.9 Å². The zero-order valence-electron chi connectivity index (χ0n) is 12.5. The molecule has 0 fully saturated rings. The molecule has 23 heavy (non-hydrogen) atoms. The van der Waals surface area contributed by atoms with E-state index in [0.717, 1.165) is 11.1 Å². The summed E-state index contributed by atoms with van der Waals surface area (Å²) in [4.78, 5) is 14.0. The number of carbonyl (C=O) groups excluding carboxylic acids is 1. The lowest BCUT2D eigenvalue weighted by Gasteiger charge is -2.25. The zero-order chi connectivity index (χ0) is 16.2. The minimum atomic E-state index is -0.500. The van der Waals surface area contributed by atoms with Crippen molar-refractivity contribution in [3.63, 3.8) is 0 Å². The van der Waals surface area contributed by atoms with Crippen molar-refractivity contribution in [1.82, 2.24) is 4.90 Å². The number of aliphatic hydroxyl groups is 1. The van der Waals surface area contributed by atoms with Gasteiger partial charge >= 0.3 is 0 Å². The number of hydrogen-bond acceptors (Lipinski definition) is 3. The minimum Gasteiger partial charge on any atom is -0.508 e. The highest BCUT2D eigenvalue weighted by atomic mass is 16.3. The van der Waals surface area contributed by atoms with E-state index in [0.29, 0.717) is 13.0 Å². The second-order valence-electron chi connectivity index (χ2n) is 5.50. The normalized spacial score (nSPS) is 17.4. The van der Waals surface area contributed by atoms with Gasteiger partial charge in [0, 0.05) is 13.0 Å². The topological polar surface area (TPSA) is 64.3 Å². The molecule has 2 aromatic rings. The van der Waals surface area contributed by atoms with Crippen LogP contribution in [0, 0.1) is 11.3 Å². The number of rotatable bonds is 4. The maximum atomic E-state index is 12.4. The van der Waals surface area contributed by atoms with Crippen molar-refractivity contribution in [3.8, 4) is 6.07 Å². The third-order valence-electron chi connectivity index (χ3n) is 4.00. The van der Waals surface area contributed by atoms with E-state index in [9.17, 15) is 9.90 Å². The van der Waals surface area contributed by atoms with Crippen molar-refractivity contribution in [2.24, 2.45) is 0 Å². The molecule has 1 aliphatic heterocycles. The highest BCUT2D eigenvalue weighted by Gasteiger charge is 2.39. The van der Waals surface area contributed by atoms with Crippen molar-refractivity contribution in [2.75, 3.05) is 0 Å². The van der Waals surface area contributed by atoms with Crippen LogP contribution in [-0.4, -0.2) is 22.0 Å². The van der Waals surface area contributed by atoms with Gasteiger partial charge in [0.05, 0.1) is 6.04 Å². The lowest BCUT2D eigenvalue weighted by Crippen LogP contribution is -2.36. The monoisotopic (exact) mass is 304 g/mol. The van der Waals surface area contributed by atoms with Gasteiger partial charge in [0.2, 0.25) is 0 Å². The molecule has 114 valence electrons. The number of aliphatic hydroxyl groups excluding tert-OH is 1. The number of nitriles is 1. The van der Waals surface area contributed by atoms with Crippen LogP contribution in [0.4, 0.5) is 0 Å². The zero-order valence-corrected chi connectivity index (χ0v) is 12.5. The Labute approximate surface area is 134 Å². The molecule has 1 aliphatic rings. The summed E-state index contributed by atoms with van der Waals surface area (Å²) >= 11 is 0. The molecule has 2 aromatic carbocycles. The fourth-order valence-corrected chi connectivity index (χ4v) is 2.82. The van der Waals surface area contributed by atoms with Crippen molar-refractivity contribution in [2.45, 2.75) is 19.0 Å². The first-order chi connectivity index (χ1) is 11.2. The first kappa shape index (κ1) is 14.9. The molecule has 0 aliphatic carbocycles. The number of hydrogen-bond donors (Lipinski definition) is 1. The highest BCUT2D eigenvalue weighted by Crippen LogP contribution is 2.28. The quantitative estimate of drug-likeness (QED) is 0.944. The third kappa shape index (κ3) is 2.95. The Morgan fingerprint density at radius 3 is 2.13 bits per heavy atom. The summed E-state index contributed by atoms with van der Waals surface area (Å²) in [5.41, 5.74) is 1.82. The largest absolute Gasteiger partial charge is 0.508 e. The van der Waals surface area contributed by atoms with Gasteiger partial charge < -0.3 is 10.0 Å². The molecule has 0 spiro atoms. The van der Waals surface area contributed by atoms with Gasteiger partial charge in [-0.1, -0.05) is 60.7 Å². The molecule has 1 N–H and O–H groups in total. The predicted octanol–water partition coefficient (Wildman–Crippen LogP) is 2.98. The first-order valence-electron chi connectivity index (χ1n) is 7.42. The summed E-state index contributed by atoms with van der Waals surface area (Å²) in [6.07, 6.45) is 0.483. The van der Waals surface area contributed by atoms with Gasteiger partial charge in [-0.15, -0.1) is 0 Å². The lowest BCUT2D eigenvalue weighted by molar-refractivity contribution is -0.127. The van der Waals surface area contributed by atoms with Crippen LogP contribution in [-0.2, 0) is 17.8 Å². The molecule has 1 atom stereocenters. The van der Waals surface area contributed by atoms with Gasteiger partial charge in [-0.2, -0.15) is 5.26 Å². The van der Waals surface area contributed by atoms with Crippen LogP contribution in [0.2, 0.25) is 0 Å². The summed E-state index contributed by atoms with van der Waals surface area (Å²) < 4.78 is 0. The molecule has 4 heteroatoms. The first-order valence-corrected chi connectivity index (χ1v) is 7.42. The second kappa shape index (κ2) is 6.37. The van der Waals surface area contributed by atoms with E-state index in [1.54, 1.807) is 4.90 Å². The van der Waals surface area contributed by atoms with E-state index in [1.165, 1.54) is 0 Å². The Kier molecular flexibility index (Phi) is 4.11. The van der Waals surface area contributed by atoms with Gasteiger partial charge in [0.15, 0.2) is 5.57 Å². The van der Waals surface area contributed by atoms with Crippen LogP contribution >= 0.6 is 0 Å². The molecule has 1 heterocycles. The SMILES string of the molecule is N#CC1=C(O)[C@H](Cc2ccccc2)N(Cc2ccccc2)C1=O. The lowest BCUT2D eigenvalue weighted by atomic mass is 10.0. The Morgan fingerprint density at radius 2 is 1.57 bits per heavy atom. The smallest absolute Gasteiger partial charge is 0.268 e. The summed E-state index contributed by atoms with van der Waals surface area (Å²) in [6, 6.07) is 20.5. The summed E-state index contributed by atoms with van der Waals surface area (Å²) in [5.74, 6) is -0.535. The molecule has 0 aromatic heterocycles. The fourth-order valence-electron chi connectivity index (χ4n) is 2.82. The molecule has 3 rings (SSSR count). The van der Waals surface area contributed by atoms with Gasteiger partial charge in [-0.05, 0) is 11.1 Å². The standard InChI is InChI=1S/C19H16N2O2/c20-12-16-18(22)17(11-14-7-3-1-4-8-14)21(19(16)23)13-15-9-5-2-6-10-15/h1-10,17,22H,11,13H2/t17-/m0/s1. The number of amides is 1. The van der Waals surface area contributed by atoms with Crippen LogP contribution in [0.5, 0.6) is 0 Å². The summed E-state index contributed by atoms with van der Waals surface area (Å²) in [5, 5.41) is 19.5. The van der Waals surface area contributed by atoms with E-state index >= 15 is 0 Å². The van der Waals surface area contributed by atoms with Gasteiger partial charge in [0.1, 0.15) is 11.8 Å². The summed E-state index contributed by atoms with van der Waals surface area (Å²) in [7, 11) is 0. The van der Waals surface area contributed by atoms with E-state index in [-0.39, 0.29) is 11.3 Å². The summed E-state index contributed by atoms with van der Waals surface area (Å²) in [6.45, 7) is 0.367. The van der Waals surface area contributed by atoms with Crippen LogP contribution in [0.25, 0.3) is 0 Å². The maximum absolute atomic E-state index is 12.4. The molecule has 0 saturated heterocycles. The van der Waals surface area contributed by atoms with E-state index in [2.05, 4.69) is 0 Å². The average Bonchev–Trinajstić information content (AvgIpc) is 2.80. The van der Waals surface area contributed by atoms with Crippen LogP contribution in [0.1, 0.15) is 11.1 Å². The van der Waals surface area contributed by atoms with Crippen molar-refractivity contribution in [3.05, 3.63) is 83.1 Å². The molecular weight excluding hydrogens is 288 g/mol. The third-order valence-corrected chi connectivity index (χ3v) is 4.00. The molecule has 1 amide bonds. The molecule has 0 saturated carbocycles. The predicted molar refractivity (Wildman–Crippen MR) is 86.2 cm³/mol. The molecular formula is C19H16N2O2. The van der Waals surface area contributed by atoms with Crippen LogP contribution in [0.15, 0.2) is 72.0 Å². The molecule has 0 radical (unpaired) electrons. The maximum Gasteiger partial charge on any atom is 0.268 e. The fraction of sp³-hybridized carbons (Fsp3) is 0.158. The Hall–Kier alpha value is -3.06. The molecule has 4 nitrogen and oxygen atoms in total.